The number of hydrogen-bond donors (Lipinski definition) is 1. The predicted octanol–water partition coefficient (Wildman–Crippen LogP) is 3.62. The topological polar surface area (TPSA) is 51.0 Å². The summed E-state index contributed by atoms with van der Waals surface area (Å²) in [6.07, 6.45) is 0. The molecule has 22 heavy (non-hydrogen) atoms. The summed E-state index contributed by atoms with van der Waals surface area (Å²) in [6.45, 7) is 1.63. The number of rotatable bonds is 5. The SMILES string of the molecule is COc1ccc(/C(C)=N/OCc2cc(F)cc(F)c2)cc1O. The molecule has 0 unspecified atom stereocenters. The zero-order valence-corrected chi connectivity index (χ0v) is 12.1. The minimum Gasteiger partial charge on any atom is -0.504 e. The maximum absolute atomic E-state index is 13.0. The summed E-state index contributed by atoms with van der Waals surface area (Å²) in [5, 5.41) is 13.6. The van der Waals surface area contributed by atoms with Crippen LogP contribution in [0, 0.1) is 11.6 Å². The van der Waals surface area contributed by atoms with Crippen molar-refractivity contribution in [2.45, 2.75) is 13.5 Å². The van der Waals surface area contributed by atoms with Crippen LogP contribution in [0.4, 0.5) is 8.78 Å². The first kappa shape index (κ1) is 15.8. The molecule has 2 rings (SSSR count). The third-order valence-electron chi connectivity index (χ3n) is 2.95. The number of hydrogen-bond acceptors (Lipinski definition) is 4. The lowest BCUT2D eigenvalue weighted by Gasteiger charge is -2.06. The molecule has 0 aromatic heterocycles. The second-order valence-electron chi connectivity index (χ2n) is 4.61. The Hall–Kier alpha value is -2.63. The van der Waals surface area contributed by atoms with Crippen molar-refractivity contribution in [3.05, 3.63) is 59.2 Å². The van der Waals surface area contributed by atoms with Crippen LogP contribution in [0.2, 0.25) is 0 Å². The Morgan fingerprint density at radius 3 is 2.41 bits per heavy atom. The van der Waals surface area contributed by atoms with Gasteiger partial charge in [0.1, 0.15) is 18.2 Å². The Labute approximate surface area is 126 Å². The summed E-state index contributed by atoms with van der Waals surface area (Å²) in [4.78, 5) is 5.08. The second kappa shape index (κ2) is 6.89. The van der Waals surface area contributed by atoms with Crippen molar-refractivity contribution in [3.63, 3.8) is 0 Å². The molecule has 2 aromatic carbocycles. The normalized spacial score (nSPS) is 11.4. The van der Waals surface area contributed by atoms with Crippen molar-refractivity contribution in [1.82, 2.24) is 0 Å². The van der Waals surface area contributed by atoms with Gasteiger partial charge in [0.2, 0.25) is 0 Å². The number of halogens is 2. The molecule has 0 aliphatic carbocycles. The quantitative estimate of drug-likeness (QED) is 0.678. The van der Waals surface area contributed by atoms with Gasteiger partial charge in [0.15, 0.2) is 11.5 Å². The molecule has 0 amide bonds. The van der Waals surface area contributed by atoms with E-state index in [4.69, 9.17) is 9.57 Å². The van der Waals surface area contributed by atoms with Gasteiger partial charge in [-0.05, 0) is 42.8 Å². The number of aromatic hydroxyl groups is 1. The van der Waals surface area contributed by atoms with Gasteiger partial charge in [0.25, 0.3) is 0 Å². The molecule has 2 aromatic rings. The standard InChI is InChI=1S/C16H15F2NO3/c1-10(12-3-4-16(21-2)15(20)7-12)19-22-9-11-5-13(17)8-14(18)6-11/h3-8,20H,9H2,1-2H3/b19-10+. The molecular weight excluding hydrogens is 292 g/mol. The number of phenolic OH excluding ortho intramolecular Hbond substituents is 1. The predicted molar refractivity (Wildman–Crippen MR) is 78.0 cm³/mol. The first-order chi connectivity index (χ1) is 10.5. The van der Waals surface area contributed by atoms with E-state index in [-0.39, 0.29) is 12.4 Å². The van der Waals surface area contributed by atoms with Gasteiger partial charge in [0, 0.05) is 11.6 Å². The zero-order chi connectivity index (χ0) is 16.1. The molecule has 0 radical (unpaired) electrons. The Bertz CT molecular complexity index is 682. The molecule has 6 heteroatoms. The van der Waals surface area contributed by atoms with Gasteiger partial charge in [-0.25, -0.2) is 8.78 Å². The molecule has 0 atom stereocenters. The van der Waals surface area contributed by atoms with E-state index in [1.807, 2.05) is 0 Å². The Kier molecular flexibility index (Phi) is 4.93. The van der Waals surface area contributed by atoms with Crippen LogP contribution in [-0.2, 0) is 11.4 Å². The fourth-order valence-electron chi connectivity index (χ4n) is 1.87. The van der Waals surface area contributed by atoms with E-state index in [1.165, 1.54) is 25.3 Å². The van der Waals surface area contributed by atoms with Crippen molar-refractivity contribution < 1.29 is 23.5 Å². The Balaban J connectivity index is 2.05. The van der Waals surface area contributed by atoms with Crippen LogP contribution >= 0.6 is 0 Å². The highest BCUT2D eigenvalue weighted by atomic mass is 19.1. The molecule has 0 bridgehead atoms. The van der Waals surface area contributed by atoms with Gasteiger partial charge < -0.3 is 14.7 Å². The number of ether oxygens (including phenoxy) is 1. The van der Waals surface area contributed by atoms with Crippen molar-refractivity contribution in [2.75, 3.05) is 7.11 Å². The molecule has 0 spiro atoms. The van der Waals surface area contributed by atoms with E-state index >= 15 is 0 Å². The number of nitrogens with zero attached hydrogens (tertiary/aromatic N) is 1. The van der Waals surface area contributed by atoms with E-state index in [9.17, 15) is 13.9 Å². The second-order valence-corrected chi connectivity index (χ2v) is 4.61. The number of phenols is 1. The number of methoxy groups -OCH3 is 1. The summed E-state index contributed by atoms with van der Waals surface area (Å²) in [5.41, 5.74) is 1.49. The minimum absolute atomic E-state index is 0.0123. The third kappa shape index (κ3) is 3.94. The van der Waals surface area contributed by atoms with Crippen molar-refractivity contribution in [3.8, 4) is 11.5 Å². The van der Waals surface area contributed by atoms with Crippen molar-refractivity contribution >= 4 is 5.71 Å². The highest BCUT2D eigenvalue weighted by Crippen LogP contribution is 2.26. The summed E-state index contributed by atoms with van der Waals surface area (Å²) >= 11 is 0. The van der Waals surface area contributed by atoms with Gasteiger partial charge in [-0.3, -0.25) is 0 Å². The van der Waals surface area contributed by atoms with E-state index in [0.717, 1.165) is 6.07 Å². The van der Waals surface area contributed by atoms with Gasteiger partial charge in [0.05, 0.1) is 12.8 Å². The highest BCUT2D eigenvalue weighted by molar-refractivity contribution is 5.98. The van der Waals surface area contributed by atoms with Crippen LogP contribution in [0.3, 0.4) is 0 Å². The van der Waals surface area contributed by atoms with Gasteiger partial charge in [-0.15, -0.1) is 0 Å². The van der Waals surface area contributed by atoms with E-state index in [0.29, 0.717) is 22.6 Å². The van der Waals surface area contributed by atoms with Gasteiger partial charge >= 0.3 is 0 Å². The first-order valence-electron chi connectivity index (χ1n) is 6.48. The third-order valence-corrected chi connectivity index (χ3v) is 2.95. The van der Waals surface area contributed by atoms with E-state index < -0.39 is 11.6 Å². The van der Waals surface area contributed by atoms with Gasteiger partial charge in [-0.1, -0.05) is 5.16 Å². The number of oxime groups is 1. The fraction of sp³-hybridized carbons (Fsp3) is 0.188. The largest absolute Gasteiger partial charge is 0.504 e. The molecule has 1 N–H and O–H groups in total. The summed E-state index contributed by atoms with van der Waals surface area (Å²) in [6, 6.07) is 7.94. The zero-order valence-electron chi connectivity index (χ0n) is 12.1. The van der Waals surface area contributed by atoms with E-state index in [1.54, 1.807) is 19.1 Å². The lowest BCUT2D eigenvalue weighted by atomic mass is 10.1. The molecule has 4 nitrogen and oxygen atoms in total. The Morgan fingerprint density at radius 1 is 1.14 bits per heavy atom. The first-order valence-corrected chi connectivity index (χ1v) is 6.48. The van der Waals surface area contributed by atoms with Crippen LogP contribution in [0.25, 0.3) is 0 Å². The average molecular weight is 307 g/mol. The molecule has 0 fully saturated rings. The van der Waals surface area contributed by atoms with Crippen molar-refractivity contribution in [1.29, 1.82) is 0 Å². The molecular formula is C16H15F2NO3. The number of benzene rings is 2. The Morgan fingerprint density at radius 2 is 1.82 bits per heavy atom. The molecule has 0 aliphatic rings. The van der Waals surface area contributed by atoms with E-state index in [2.05, 4.69) is 5.16 Å². The minimum atomic E-state index is -0.667. The molecule has 0 saturated heterocycles. The maximum atomic E-state index is 13.0. The summed E-state index contributed by atoms with van der Waals surface area (Å²) < 4.78 is 31.0. The molecule has 0 heterocycles. The lowest BCUT2D eigenvalue weighted by molar-refractivity contribution is 0.130. The molecule has 0 aliphatic heterocycles. The highest BCUT2D eigenvalue weighted by Gasteiger charge is 2.05. The fourth-order valence-corrected chi connectivity index (χ4v) is 1.87. The van der Waals surface area contributed by atoms with Crippen LogP contribution in [0.15, 0.2) is 41.6 Å². The summed E-state index contributed by atoms with van der Waals surface area (Å²) in [5.74, 6) is -0.992. The molecule has 0 saturated carbocycles. The van der Waals surface area contributed by atoms with Crippen LogP contribution in [0.5, 0.6) is 11.5 Å². The lowest BCUT2D eigenvalue weighted by Crippen LogP contribution is -1.98. The maximum Gasteiger partial charge on any atom is 0.160 e. The molecule has 116 valence electrons. The van der Waals surface area contributed by atoms with Crippen LogP contribution in [-0.4, -0.2) is 17.9 Å². The summed E-state index contributed by atoms with van der Waals surface area (Å²) in [7, 11) is 1.46. The van der Waals surface area contributed by atoms with Crippen LogP contribution in [0.1, 0.15) is 18.1 Å². The average Bonchev–Trinajstić information content (AvgIpc) is 2.46. The van der Waals surface area contributed by atoms with Gasteiger partial charge in [-0.2, -0.15) is 0 Å². The van der Waals surface area contributed by atoms with Crippen molar-refractivity contribution in [2.24, 2.45) is 5.16 Å². The van der Waals surface area contributed by atoms with Crippen LogP contribution < -0.4 is 4.74 Å². The smallest absolute Gasteiger partial charge is 0.160 e. The monoisotopic (exact) mass is 307 g/mol.